The molecule has 0 amide bonds. The zero-order valence-electron chi connectivity index (χ0n) is 41.0. The summed E-state index contributed by atoms with van der Waals surface area (Å²) in [6.45, 7) is 44.1. The van der Waals surface area contributed by atoms with Crippen LogP contribution in [-0.4, -0.2) is 8.07 Å². The van der Waals surface area contributed by atoms with Gasteiger partial charge in [-0.05, 0) is 269 Å². The molecule has 0 radical (unpaired) electrons. The predicted molar refractivity (Wildman–Crippen MR) is 272 cm³/mol. The number of allylic oxidation sites excluding steroid dienone is 4. The molecule has 61 heavy (non-hydrogen) atoms. The first-order valence-corrected chi connectivity index (χ1v) is 24.6. The Balaban J connectivity index is 1.55. The normalized spacial score (nSPS) is 14.5. The lowest BCUT2D eigenvalue weighted by Crippen LogP contribution is -2.69. The van der Waals surface area contributed by atoms with E-state index in [4.69, 9.17) is 0 Å². The van der Waals surface area contributed by atoms with Crippen LogP contribution in [0.1, 0.15) is 111 Å². The Bertz CT molecular complexity index is 2470. The Kier molecular flexibility index (Phi) is 11.6. The van der Waals surface area contributed by atoms with Crippen LogP contribution in [0.2, 0.25) is 0 Å². The highest BCUT2D eigenvalue weighted by atomic mass is 28.3. The summed E-state index contributed by atoms with van der Waals surface area (Å²) >= 11 is 0. The van der Waals surface area contributed by atoms with Gasteiger partial charge in [-0.15, -0.1) is 0 Å². The topological polar surface area (TPSA) is 0 Å². The van der Waals surface area contributed by atoms with Gasteiger partial charge >= 0.3 is 0 Å². The van der Waals surface area contributed by atoms with Crippen molar-refractivity contribution in [1.29, 1.82) is 0 Å². The maximum Gasteiger partial charge on any atom is 0.176 e. The maximum atomic E-state index is 2.52. The molecule has 0 heterocycles. The Morgan fingerprint density at radius 1 is 0.279 bits per heavy atom. The van der Waals surface area contributed by atoms with Gasteiger partial charge in [0.05, 0.1) is 0 Å². The molecular formula is C60H70Si. The zero-order chi connectivity index (χ0) is 44.7. The van der Waals surface area contributed by atoms with Crippen LogP contribution in [0.25, 0.3) is 33.4 Å². The molecule has 1 aliphatic carbocycles. The van der Waals surface area contributed by atoms with E-state index in [0.29, 0.717) is 5.92 Å². The van der Waals surface area contributed by atoms with Crippen molar-refractivity contribution in [2.45, 2.75) is 132 Å². The van der Waals surface area contributed by atoms with Gasteiger partial charge in [-0.2, -0.15) is 0 Å². The molecule has 0 N–H and O–H groups in total. The van der Waals surface area contributed by atoms with E-state index >= 15 is 0 Å². The highest BCUT2D eigenvalue weighted by molar-refractivity contribution is 7.16. The van der Waals surface area contributed by atoms with Gasteiger partial charge < -0.3 is 0 Å². The van der Waals surface area contributed by atoms with Gasteiger partial charge in [0.25, 0.3) is 0 Å². The third-order valence-electron chi connectivity index (χ3n) is 16.9. The van der Waals surface area contributed by atoms with Crippen LogP contribution in [0.15, 0.2) is 94.7 Å². The molecule has 6 aromatic carbocycles. The molecule has 7 rings (SSSR count). The van der Waals surface area contributed by atoms with Crippen molar-refractivity contribution in [2.24, 2.45) is 5.92 Å². The number of rotatable bonds is 7. The molecule has 0 aromatic heterocycles. The van der Waals surface area contributed by atoms with Crippen molar-refractivity contribution in [3.05, 3.63) is 178 Å². The largest absolute Gasteiger partial charge is 0.176 e. The van der Waals surface area contributed by atoms with Crippen LogP contribution in [0.4, 0.5) is 0 Å². The first kappa shape index (κ1) is 44.1. The van der Waals surface area contributed by atoms with Crippen molar-refractivity contribution in [2.75, 3.05) is 0 Å². The van der Waals surface area contributed by atoms with Crippen LogP contribution in [-0.2, 0) is 0 Å². The Labute approximate surface area is 370 Å². The molecule has 1 heteroatoms. The van der Waals surface area contributed by atoms with E-state index < -0.39 is 8.07 Å². The van der Waals surface area contributed by atoms with E-state index in [-0.39, 0.29) is 0 Å². The monoisotopic (exact) mass is 819 g/mol. The standard InChI is InChI=1S/C60H70Si/c1-32-35(4)43(12)57(44(13)36(32)5)51-20-26-54(27-21-51)61(60-49(18)41(10)42(11)50(60)19,55-28-22-52(23-29-55)58-45(14)37(6)33(2)38(7)46(58)15)56-30-24-53(25-31-56)59-47(16)39(8)34(3)40(9)48(59)17/h20-31,49H,1-19H3. The lowest BCUT2D eigenvalue weighted by atomic mass is 9.86. The van der Waals surface area contributed by atoms with Crippen molar-refractivity contribution in [3.63, 3.8) is 0 Å². The second-order valence-corrected chi connectivity index (χ2v) is 22.8. The molecule has 0 saturated heterocycles. The lowest BCUT2D eigenvalue weighted by Gasteiger charge is -2.39. The number of hydrogen-bond donors (Lipinski definition) is 0. The second-order valence-electron chi connectivity index (χ2n) is 19.1. The van der Waals surface area contributed by atoms with Gasteiger partial charge in [0.2, 0.25) is 0 Å². The zero-order valence-corrected chi connectivity index (χ0v) is 42.0. The van der Waals surface area contributed by atoms with Gasteiger partial charge in [-0.1, -0.05) is 96.1 Å². The minimum atomic E-state index is -2.91. The van der Waals surface area contributed by atoms with Gasteiger partial charge in [0, 0.05) is 0 Å². The fourth-order valence-electron chi connectivity index (χ4n) is 11.4. The summed E-state index contributed by atoms with van der Waals surface area (Å²) in [6.07, 6.45) is 0. The highest BCUT2D eigenvalue weighted by Gasteiger charge is 2.48. The van der Waals surface area contributed by atoms with E-state index in [1.54, 1.807) is 5.20 Å². The fourth-order valence-corrected chi connectivity index (χ4v) is 16.9. The molecule has 0 spiro atoms. The molecule has 0 bridgehead atoms. The summed E-state index contributed by atoms with van der Waals surface area (Å²) in [7, 11) is -2.91. The van der Waals surface area contributed by atoms with Crippen molar-refractivity contribution < 1.29 is 0 Å². The SMILES string of the molecule is CC1=C(C)C(C)C([Si](c2ccc(-c3c(C)c(C)c(C)c(C)c3C)cc2)(c2ccc(-c3c(C)c(C)c(C)c(C)c3C)cc2)c2ccc(-c3c(C)c(C)c(C)c(C)c3C)cc2)=C1C. The van der Waals surface area contributed by atoms with Crippen LogP contribution in [0.3, 0.4) is 0 Å². The van der Waals surface area contributed by atoms with Crippen LogP contribution in [0.5, 0.6) is 0 Å². The van der Waals surface area contributed by atoms with Crippen LogP contribution < -0.4 is 15.6 Å². The highest BCUT2D eigenvalue weighted by Crippen LogP contribution is 2.43. The molecule has 314 valence electrons. The summed E-state index contributed by atoms with van der Waals surface area (Å²) in [4.78, 5) is 0. The molecule has 1 atom stereocenters. The molecule has 6 aromatic rings. The average Bonchev–Trinajstić information content (AvgIpc) is 3.45. The van der Waals surface area contributed by atoms with E-state index in [9.17, 15) is 0 Å². The molecule has 0 aliphatic heterocycles. The van der Waals surface area contributed by atoms with Gasteiger partial charge in [0.15, 0.2) is 8.07 Å². The summed E-state index contributed by atoms with van der Waals surface area (Å²) in [5, 5.41) is 5.95. The van der Waals surface area contributed by atoms with Gasteiger partial charge in [-0.3, -0.25) is 0 Å². The summed E-state index contributed by atoms with van der Waals surface area (Å²) < 4.78 is 0. The molecule has 0 nitrogen and oxygen atoms in total. The number of benzene rings is 6. The Morgan fingerprint density at radius 3 is 0.689 bits per heavy atom. The van der Waals surface area contributed by atoms with Gasteiger partial charge in [0.1, 0.15) is 0 Å². The third-order valence-corrected chi connectivity index (χ3v) is 22.1. The summed E-state index contributed by atoms with van der Waals surface area (Å²) in [5.41, 5.74) is 33.5. The minimum absolute atomic E-state index is 0.330. The maximum absolute atomic E-state index is 2.91. The van der Waals surface area contributed by atoms with Crippen molar-refractivity contribution in [3.8, 4) is 33.4 Å². The smallest absolute Gasteiger partial charge is 0.0636 e. The summed E-state index contributed by atoms with van der Waals surface area (Å²) in [5.74, 6) is 0.330. The molecule has 0 saturated carbocycles. The Hall–Kier alpha value is -4.98. The van der Waals surface area contributed by atoms with Crippen LogP contribution in [0, 0.1) is 110 Å². The molecule has 0 fully saturated rings. The first-order valence-electron chi connectivity index (χ1n) is 22.6. The summed E-state index contributed by atoms with van der Waals surface area (Å²) in [6, 6.07) is 29.8. The molecule has 1 unspecified atom stereocenters. The van der Waals surface area contributed by atoms with E-state index in [1.165, 1.54) is 149 Å². The third kappa shape index (κ3) is 6.60. The average molecular weight is 819 g/mol. The van der Waals surface area contributed by atoms with E-state index in [0.717, 1.165) is 0 Å². The Morgan fingerprint density at radius 2 is 0.492 bits per heavy atom. The van der Waals surface area contributed by atoms with Gasteiger partial charge in [-0.25, -0.2) is 0 Å². The predicted octanol–water partition coefficient (Wildman–Crippen LogP) is 14.6. The lowest BCUT2D eigenvalue weighted by molar-refractivity contribution is 0.851. The first-order chi connectivity index (χ1) is 28.7. The van der Waals surface area contributed by atoms with Crippen molar-refractivity contribution >= 4 is 23.6 Å². The van der Waals surface area contributed by atoms with E-state index in [1.807, 2.05) is 0 Å². The number of hydrogen-bond acceptors (Lipinski definition) is 0. The molecule has 1 aliphatic rings. The van der Waals surface area contributed by atoms with Crippen LogP contribution >= 0.6 is 0 Å². The second kappa shape index (κ2) is 16.0. The van der Waals surface area contributed by atoms with Crippen molar-refractivity contribution in [1.82, 2.24) is 0 Å². The fraction of sp³-hybridized carbons (Fsp3) is 0.333. The molecular weight excluding hydrogens is 749 g/mol. The minimum Gasteiger partial charge on any atom is -0.0636 e. The van der Waals surface area contributed by atoms with E-state index in [2.05, 4.69) is 204 Å². The quantitative estimate of drug-likeness (QED) is 0.111.